The predicted octanol–water partition coefficient (Wildman–Crippen LogP) is 6.35. The fourth-order valence-electron chi connectivity index (χ4n) is 3.06. The summed E-state index contributed by atoms with van der Waals surface area (Å²) in [5.74, 6) is -0.202. The number of aromatic nitrogens is 2. The number of nitrogens with one attached hydrogen (secondary N) is 2. The van der Waals surface area contributed by atoms with E-state index in [1.165, 1.54) is 12.1 Å². The number of alkyl halides is 3. The zero-order valence-corrected chi connectivity index (χ0v) is 19.1. The SMILES string of the molecule is Nc1ncc2ccc(-c3ccc(NC(=S)Nc4ccc(Br)cc4OC(F)(F)F)cc3)cc2n1. The molecule has 0 fully saturated rings. The first-order chi connectivity index (χ1) is 15.7. The van der Waals surface area contributed by atoms with Crippen LogP contribution in [0.15, 0.2) is 71.3 Å². The fraction of sp³-hybridized carbons (Fsp3) is 0.0455. The summed E-state index contributed by atoms with van der Waals surface area (Å²) in [5.41, 5.74) is 9.00. The molecule has 0 atom stereocenters. The number of nitrogens with two attached hydrogens (primary N) is 1. The molecule has 0 aliphatic rings. The highest BCUT2D eigenvalue weighted by atomic mass is 79.9. The molecule has 0 spiro atoms. The summed E-state index contributed by atoms with van der Waals surface area (Å²) < 4.78 is 42.6. The molecule has 0 amide bonds. The Labute approximate surface area is 200 Å². The molecule has 0 saturated heterocycles. The highest BCUT2D eigenvalue weighted by Crippen LogP contribution is 2.33. The highest BCUT2D eigenvalue weighted by Gasteiger charge is 2.32. The van der Waals surface area contributed by atoms with E-state index < -0.39 is 12.1 Å². The number of hydrogen-bond acceptors (Lipinski definition) is 5. The summed E-state index contributed by atoms with van der Waals surface area (Å²) in [5, 5.41) is 6.66. The smallest absolute Gasteiger partial charge is 0.404 e. The standard InChI is InChI=1S/C22H15BrF3N5OS/c23-15-5-8-17(19(10-15)32-22(24,25)26)31-21(33)29-16-6-3-12(4-7-16)13-1-2-14-11-28-20(27)30-18(14)9-13/h1-11H,(H2,27,28,30)(H2,29,31,33). The van der Waals surface area contributed by atoms with E-state index >= 15 is 0 Å². The first-order valence-corrected chi connectivity index (χ1v) is 10.6. The number of nitrogen functional groups attached to an aromatic ring is 1. The number of fused-ring (bicyclic) bond motifs is 1. The molecule has 1 aromatic heterocycles. The number of nitrogens with zero attached hydrogens (tertiary/aromatic N) is 2. The Hall–Kier alpha value is -3.44. The van der Waals surface area contributed by atoms with Gasteiger partial charge in [-0.1, -0.05) is 40.2 Å². The minimum atomic E-state index is -4.83. The summed E-state index contributed by atoms with van der Waals surface area (Å²) in [6.07, 6.45) is -3.17. The monoisotopic (exact) mass is 533 g/mol. The van der Waals surface area contributed by atoms with E-state index in [9.17, 15) is 13.2 Å². The zero-order chi connectivity index (χ0) is 23.6. The maximum atomic E-state index is 12.7. The van der Waals surface area contributed by atoms with Crippen LogP contribution in [0, 0.1) is 0 Å². The molecular weight excluding hydrogens is 519 g/mol. The molecular formula is C22H15BrF3N5OS. The van der Waals surface area contributed by atoms with Crippen LogP contribution in [0.3, 0.4) is 0 Å². The number of thiocarbonyl (C=S) groups is 1. The molecule has 0 radical (unpaired) electrons. The third-order valence-electron chi connectivity index (χ3n) is 4.49. The van der Waals surface area contributed by atoms with Gasteiger partial charge in [0.1, 0.15) is 0 Å². The predicted molar refractivity (Wildman–Crippen MR) is 130 cm³/mol. The normalized spacial score (nSPS) is 11.3. The molecule has 6 nitrogen and oxygen atoms in total. The molecule has 4 N–H and O–H groups in total. The van der Waals surface area contributed by atoms with Gasteiger partial charge in [0, 0.05) is 21.7 Å². The van der Waals surface area contributed by atoms with Gasteiger partial charge in [0.25, 0.3) is 0 Å². The molecule has 168 valence electrons. The van der Waals surface area contributed by atoms with Crippen LogP contribution in [0.25, 0.3) is 22.0 Å². The third-order valence-corrected chi connectivity index (χ3v) is 5.19. The number of hydrogen-bond donors (Lipinski definition) is 3. The number of rotatable bonds is 4. The Morgan fingerprint density at radius 2 is 1.70 bits per heavy atom. The van der Waals surface area contributed by atoms with E-state index in [0.717, 1.165) is 22.0 Å². The van der Waals surface area contributed by atoms with Crippen molar-refractivity contribution < 1.29 is 17.9 Å². The van der Waals surface area contributed by atoms with Crippen molar-refractivity contribution in [3.63, 3.8) is 0 Å². The summed E-state index contributed by atoms with van der Waals surface area (Å²) in [6, 6.07) is 17.4. The molecule has 11 heteroatoms. The van der Waals surface area contributed by atoms with Crippen molar-refractivity contribution in [3.8, 4) is 16.9 Å². The lowest BCUT2D eigenvalue weighted by Gasteiger charge is -2.16. The van der Waals surface area contributed by atoms with Crippen molar-refractivity contribution in [2.75, 3.05) is 16.4 Å². The molecule has 0 unspecified atom stereocenters. The largest absolute Gasteiger partial charge is 0.573 e. The fourth-order valence-corrected chi connectivity index (χ4v) is 3.62. The van der Waals surface area contributed by atoms with E-state index in [2.05, 4.69) is 41.3 Å². The summed E-state index contributed by atoms with van der Waals surface area (Å²) >= 11 is 8.38. The number of halogens is 4. The zero-order valence-electron chi connectivity index (χ0n) is 16.7. The van der Waals surface area contributed by atoms with Crippen molar-refractivity contribution in [2.45, 2.75) is 6.36 Å². The van der Waals surface area contributed by atoms with Crippen LogP contribution in [-0.2, 0) is 0 Å². The first-order valence-electron chi connectivity index (χ1n) is 9.42. The Balaban J connectivity index is 1.47. The van der Waals surface area contributed by atoms with Crippen molar-refractivity contribution in [3.05, 3.63) is 71.3 Å². The third kappa shape index (κ3) is 5.88. The molecule has 0 bridgehead atoms. The Morgan fingerprint density at radius 1 is 0.970 bits per heavy atom. The summed E-state index contributed by atoms with van der Waals surface area (Å²) in [7, 11) is 0. The van der Waals surface area contributed by atoms with Crippen LogP contribution in [0.5, 0.6) is 5.75 Å². The van der Waals surface area contributed by atoms with Gasteiger partial charge in [-0.3, -0.25) is 0 Å². The Kier molecular flexibility index (Phi) is 6.34. The second-order valence-corrected chi connectivity index (χ2v) is 8.17. The molecule has 33 heavy (non-hydrogen) atoms. The molecule has 4 rings (SSSR count). The van der Waals surface area contributed by atoms with Gasteiger partial charge in [0.05, 0.1) is 11.2 Å². The van der Waals surface area contributed by atoms with E-state index in [1.54, 1.807) is 24.4 Å². The van der Waals surface area contributed by atoms with Crippen LogP contribution in [-0.4, -0.2) is 21.4 Å². The van der Waals surface area contributed by atoms with Crippen LogP contribution in [0.2, 0.25) is 0 Å². The van der Waals surface area contributed by atoms with Crippen LogP contribution >= 0.6 is 28.1 Å². The van der Waals surface area contributed by atoms with Gasteiger partial charge in [-0.05, 0) is 59.7 Å². The van der Waals surface area contributed by atoms with Crippen LogP contribution in [0.4, 0.5) is 30.5 Å². The van der Waals surface area contributed by atoms with Crippen molar-refractivity contribution in [1.29, 1.82) is 0 Å². The lowest BCUT2D eigenvalue weighted by molar-refractivity contribution is -0.274. The number of anilines is 3. The number of benzene rings is 3. The summed E-state index contributed by atoms with van der Waals surface area (Å²) in [6.45, 7) is 0. The molecule has 0 aliphatic heterocycles. The molecule has 0 aliphatic carbocycles. The van der Waals surface area contributed by atoms with Gasteiger partial charge < -0.3 is 21.1 Å². The van der Waals surface area contributed by atoms with Gasteiger partial charge >= 0.3 is 6.36 Å². The van der Waals surface area contributed by atoms with E-state index in [1.807, 2.05) is 30.3 Å². The second kappa shape index (κ2) is 9.20. The van der Waals surface area contributed by atoms with Crippen LogP contribution < -0.4 is 21.1 Å². The quantitative estimate of drug-likeness (QED) is 0.263. The summed E-state index contributed by atoms with van der Waals surface area (Å²) in [4.78, 5) is 8.22. The number of ether oxygens (including phenoxy) is 1. The lowest BCUT2D eigenvalue weighted by atomic mass is 10.0. The van der Waals surface area contributed by atoms with Crippen molar-refractivity contribution >= 4 is 61.5 Å². The average molecular weight is 534 g/mol. The van der Waals surface area contributed by atoms with Gasteiger partial charge in [0.2, 0.25) is 5.95 Å². The first kappa shape index (κ1) is 22.7. The molecule has 1 heterocycles. The van der Waals surface area contributed by atoms with Gasteiger partial charge in [-0.25, -0.2) is 9.97 Å². The van der Waals surface area contributed by atoms with Crippen molar-refractivity contribution in [2.24, 2.45) is 0 Å². The lowest BCUT2D eigenvalue weighted by Crippen LogP contribution is -2.22. The molecule has 0 saturated carbocycles. The Bertz CT molecular complexity index is 1330. The van der Waals surface area contributed by atoms with E-state index in [0.29, 0.717) is 10.2 Å². The van der Waals surface area contributed by atoms with Crippen LogP contribution in [0.1, 0.15) is 0 Å². The second-order valence-electron chi connectivity index (χ2n) is 6.85. The minimum Gasteiger partial charge on any atom is -0.404 e. The van der Waals surface area contributed by atoms with Gasteiger partial charge in [-0.2, -0.15) is 0 Å². The maximum Gasteiger partial charge on any atom is 0.573 e. The van der Waals surface area contributed by atoms with Crippen molar-refractivity contribution in [1.82, 2.24) is 9.97 Å². The highest BCUT2D eigenvalue weighted by molar-refractivity contribution is 9.10. The van der Waals surface area contributed by atoms with Gasteiger partial charge in [-0.15, -0.1) is 13.2 Å². The topological polar surface area (TPSA) is 85.1 Å². The van der Waals surface area contributed by atoms with E-state index in [-0.39, 0.29) is 16.7 Å². The Morgan fingerprint density at radius 3 is 2.42 bits per heavy atom. The van der Waals surface area contributed by atoms with E-state index in [4.69, 9.17) is 18.0 Å². The van der Waals surface area contributed by atoms with Gasteiger partial charge in [0.15, 0.2) is 10.9 Å². The maximum absolute atomic E-state index is 12.7. The average Bonchev–Trinajstić information content (AvgIpc) is 2.74. The molecule has 4 aromatic rings. The molecule has 3 aromatic carbocycles. The minimum absolute atomic E-state index is 0.0714.